The fourth-order valence-electron chi connectivity index (χ4n) is 3.85. The van der Waals surface area contributed by atoms with Gasteiger partial charge in [-0.3, -0.25) is 0 Å². The molecule has 0 aliphatic heterocycles. The largest absolute Gasteiger partial charge is 0.477 e. The monoisotopic (exact) mass is 456 g/mol. The van der Waals surface area contributed by atoms with Gasteiger partial charge in [0.05, 0.1) is 5.56 Å². The Balaban J connectivity index is 1.90. The molecular weight excluding hydrogens is 428 g/mol. The van der Waals surface area contributed by atoms with Gasteiger partial charge in [-0.1, -0.05) is 44.2 Å². The summed E-state index contributed by atoms with van der Waals surface area (Å²) in [5.41, 5.74) is 3.69. The standard InChI is InChI=1S/C28H28N2O4/c1-4-14-30(15-5-2)23-11-13-24-19(3)25(28(33)34-26(24)17-23)12-10-20-6-8-21(9-7-20)16-22(18-29)27(31)32/h6-13,16-17H,4-5,14-15H2,1-3H3,(H,31,32)/b12-10+,22-16?. The molecule has 0 bridgehead atoms. The predicted octanol–water partition coefficient (Wildman–Crippen LogP) is 5.89. The van der Waals surface area contributed by atoms with Crippen molar-refractivity contribution in [1.29, 1.82) is 5.26 Å². The highest BCUT2D eigenvalue weighted by molar-refractivity contribution is 5.96. The number of carboxylic acid groups (broad SMARTS) is 1. The summed E-state index contributed by atoms with van der Waals surface area (Å²) in [4.78, 5) is 26.0. The van der Waals surface area contributed by atoms with Crippen LogP contribution >= 0.6 is 0 Å². The molecule has 0 atom stereocenters. The van der Waals surface area contributed by atoms with Crippen molar-refractivity contribution in [3.05, 3.63) is 80.7 Å². The van der Waals surface area contributed by atoms with Crippen LogP contribution in [0.4, 0.5) is 5.69 Å². The highest BCUT2D eigenvalue weighted by atomic mass is 16.4. The zero-order valence-corrected chi connectivity index (χ0v) is 19.7. The number of carboxylic acids is 1. The Morgan fingerprint density at radius 2 is 1.71 bits per heavy atom. The minimum Gasteiger partial charge on any atom is -0.477 e. The van der Waals surface area contributed by atoms with Crippen LogP contribution < -0.4 is 10.5 Å². The van der Waals surface area contributed by atoms with E-state index in [0.29, 0.717) is 16.7 Å². The molecule has 6 heteroatoms. The van der Waals surface area contributed by atoms with Crippen molar-refractivity contribution in [3.8, 4) is 6.07 Å². The SMILES string of the molecule is CCCN(CCC)c1ccc2c(C)c(/C=C/c3ccc(C=C(C#N)C(=O)O)cc3)c(=O)oc2c1. The van der Waals surface area contributed by atoms with Gasteiger partial charge in [-0.25, -0.2) is 9.59 Å². The van der Waals surface area contributed by atoms with E-state index in [4.69, 9.17) is 14.8 Å². The fraction of sp³-hybridized carbons (Fsp3) is 0.250. The van der Waals surface area contributed by atoms with Crippen LogP contribution in [0.15, 0.2) is 57.2 Å². The van der Waals surface area contributed by atoms with Crippen LogP contribution in [0.2, 0.25) is 0 Å². The van der Waals surface area contributed by atoms with Gasteiger partial charge in [-0.15, -0.1) is 0 Å². The second-order valence-electron chi connectivity index (χ2n) is 8.07. The van der Waals surface area contributed by atoms with Crippen LogP contribution in [-0.2, 0) is 4.79 Å². The summed E-state index contributed by atoms with van der Waals surface area (Å²) in [6.07, 6.45) is 6.94. The number of fused-ring (bicyclic) bond motifs is 1. The number of aryl methyl sites for hydroxylation is 1. The average molecular weight is 457 g/mol. The van der Waals surface area contributed by atoms with E-state index in [2.05, 4.69) is 24.8 Å². The first-order chi connectivity index (χ1) is 16.4. The quantitative estimate of drug-likeness (QED) is 0.245. The molecule has 1 N–H and O–H groups in total. The van der Waals surface area contributed by atoms with E-state index in [1.165, 1.54) is 6.08 Å². The molecule has 2 aromatic carbocycles. The molecule has 0 radical (unpaired) electrons. The molecule has 3 aromatic rings. The van der Waals surface area contributed by atoms with Crippen LogP contribution in [0.1, 0.15) is 48.9 Å². The van der Waals surface area contributed by atoms with E-state index in [1.807, 2.05) is 19.1 Å². The van der Waals surface area contributed by atoms with E-state index in [0.717, 1.165) is 48.1 Å². The molecule has 0 amide bonds. The molecule has 1 heterocycles. The van der Waals surface area contributed by atoms with Gasteiger partial charge < -0.3 is 14.4 Å². The third-order valence-corrected chi connectivity index (χ3v) is 5.59. The molecule has 34 heavy (non-hydrogen) atoms. The smallest absolute Gasteiger partial charge is 0.346 e. The van der Waals surface area contributed by atoms with Crippen LogP contribution in [0.5, 0.6) is 0 Å². The van der Waals surface area contributed by atoms with Gasteiger partial charge in [0, 0.05) is 30.2 Å². The van der Waals surface area contributed by atoms with Crippen molar-refractivity contribution in [2.75, 3.05) is 18.0 Å². The number of nitrogens with zero attached hydrogens (tertiary/aromatic N) is 2. The lowest BCUT2D eigenvalue weighted by atomic mass is 10.0. The molecule has 0 unspecified atom stereocenters. The average Bonchev–Trinajstić information content (AvgIpc) is 2.82. The Hall–Kier alpha value is -4.11. The molecule has 0 fully saturated rings. The molecular formula is C28H28N2O4. The first kappa shape index (κ1) is 24.5. The second kappa shape index (κ2) is 11.2. The van der Waals surface area contributed by atoms with Crippen molar-refractivity contribution >= 4 is 40.9 Å². The number of nitriles is 1. The third-order valence-electron chi connectivity index (χ3n) is 5.59. The Morgan fingerprint density at radius 1 is 1.06 bits per heavy atom. The normalized spacial score (nSPS) is 11.6. The number of aliphatic carboxylic acids is 1. The number of carbonyl (C=O) groups is 1. The molecule has 3 rings (SSSR count). The summed E-state index contributed by atoms with van der Waals surface area (Å²) in [5.74, 6) is -1.26. The molecule has 174 valence electrons. The van der Waals surface area contributed by atoms with Crippen LogP contribution in [-0.4, -0.2) is 24.2 Å². The number of rotatable bonds is 9. The van der Waals surface area contributed by atoms with Gasteiger partial charge in [0.1, 0.15) is 17.2 Å². The summed E-state index contributed by atoms with van der Waals surface area (Å²) in [5, 5.41) is 18.8. The zero-order valence-electron chi connectivity index (χ0n) is 19.7. The lowest BCUT2D eigenvalue weighted by Crippen LogP contribution is -2.24. The van der Waals surface area contributed by atoms with Crippen molar-refractivity contribution < 1.29 is 14.3 Å². The van der Waals surface area contributed by atoms with Crippen molar-refractivity contribution in [1.82, 2.24) is 0 Å². The Kier molecular flexibility index (Phi) is 8.05. The Bertz CT molecular complexity index is 1340. The third kappa shape index (κ3) is 5.62. The Labute approximate surface area is 199 Å². The maximum atomic E-state index is 12.8. The molecule has 0 saturated heterocycles. The fourth-order valence-corrected chi connectivity index (χ4v) is 3.85. The second-order valence-corrected chi connectivity index (χ2v) is 8.07. The van der Waals surface area contributed by atoms with E-state index in [-0.39, 0.29) is 5.57 Å². The van der Waals surface area contributed by atoms with Gasteiger partial charge in [-0.05, 0) is 60.7 Å². The number of hydrogen-bond donors (Lipinski definition) is 1. The lowest BCUT2D eigenvalue weighted by Gasteiger charge is -2.24. The summed E-state index contributed by atoms with van der Waals surface area (Å²) in [6.45, 7) is 8.11. The van der Waals surface area contributed by atoms with E-state index in [9.17, 15) is 9.59 Å². The Morgan fingerprint density at radius 3 is 2.29 bits per heavy atom. The van der Waals surface area contributed by atoms with E-state index in [1.54, 1.807) is 42.5 Å². The molecule has 0 aliphatic carbocycles. The predicted molar refractivity (Wildman–Crippen MR) is 137 cm³/mol. The molecule has 1 aromatic heterocycles. The molecule has 0 spiro atoms. The summed E-state index contributed by atoms with van der Waals surface area (Å²) < 4.78 is 5.68. The first-order valence-corrected chi connectivity index (χ1v) is 11.3. The summed E-state index contributed by atoms with van der Waals surface area (Å²) >= 11 is 0. The minimum atomic E-state index is -1.26. The zero-order chi connectivity index (χ0) is 24.7. The van der Waals surface area contributed by atoms with Gasteiger partial charge in [0.2, 0.25) is 0 Å². The van der Waals surface area contributed by atoms with Gasteiger partial charge in [0.25, 0.3) is 0 Å². The maximum Gasteiger partial charge on any atom is 0.346 e. The van der Waals surface area contributed by atoms with Crippen LogP contribution in [0.3, 0.4) is 0 Å². The van der Waals surface area contributed by atoms with Crippen LogP contribution in [0, 0.1) is 18.3 Å². The van der Waals surface area contributed by atoms with E-state index >= 15 is 0 Å². The van der Waals surface area contributed by atoms with Gasteiger partial charge in [0.15, 0.2) is 0 Å². The van der Waals surface area contributed by atoms with Gasteiger partial charge >= 0.3 is 11.6 Å². The molecule has 0 saturated carbocycles. The topological polar surface area (TPSA) is 94.5 Å². The molecule has 6 nitrogen and oxygen atoms in total. The number of anilines is 1. The minimum absolute atomic E-state index is 0.330. The number of hydrogen-bond acceptors (Lipinski definition) is 5. The van der Waals surface area contributed by atoms with Gasteiger partial charge in [-0.2, -0.15) is 5.26 Å². The summed E-state index contributed by atoms with van der Waals surface area (Å²) in [6, 6.07) is 14.7. The lowest BCUT2D eigenvalue weighted by molar-refractivity contribution is -0.132. The van der Waals surface area contributed by atoms with Crippen LogP contribution in [0.25, 0.3) is 29.2 Å². The maximum absolute atomic E-state index is 12.8. The molecule has 0 aliphatic rings. The van der Waals surface area contributed by atoms with Crippen molar-refractivity contribution in [2.45, 2.75) is 33.6 Å². The van der Waals surface area contributed by atoms with E-state index < -0.39 is 11.6 Å². The highest BCUT2D eigenvalue weighted by Gasteiger charge is 2.12. The highest BCUT2D eigenvalue weighted by Crippen LogP contribution is 2.26. The summed E-state index contributed by atoms with van der Waals surface area (Å²) in [7, 11) is 0. The number of benzene rings is 2. The first-order valence-electron chi connectivity index (χ1n) is 11.3. The van der Waals surface area contributed by atoms with Crippen molar-refractivity contribution in [2.24, 2.45) is 0 Å². The van der Waals surface area contributed by atoms with Crippen molar-refractivity contribution in [3.63, 3.8) is 0 Å².